The molecule has 20 heavy (non-hydrogen) atoms. The van der Waals surface area contributed by atoms with Gasteiger partial charge in [0.25, 0.3) is 0 Å². The second-order valence-electron chi connectivity index (χ2n) is 5.64. The van der Waals surface area contributed by atoms with E-state index in [1.54, 1.807) is 0 Å². The van der Waals surface area contributed by atoms with Crippen molar-refractivity contribution in [3.8, 4) is 0 Å². The zero-order valence-electron chi connectivity index (χ0n) is 12.9. The van der Waals surface area contributed by atoms with E-state index in [1.807, 2.05) is 11.3 Å². The Kier molecular flexibility index (Phi) is 10.3. The Balaban J connectivity index is 2.01. The summed E-state index contributed by atoms with van der Waals surface area (Å²) < 4.78 is 1.20. The van der Waals surface area contributed by atoms with Crippen LogP contribution in [0, 0.1) is 6.92 Å². The fraction of sp³-hybridized carbons (Fsp3) is 0.765. The molecule has 0 nitrogen and oxygen atoms in total. The van der Waals surface area contributed by atoms with Crippen molar-refractivity contribution in [3.05, 3.63) is 20.3 Å². The molecule has 0 aliphatic carbocycles. The van der Waals surface area contributed by atoms with Gasteiger partial charge in [-0.1, -0.05) is 64.7 Å². The molecule has 1 unspecified atom stereocenters. The summed E-state index contributed by atoms with van der Waals surface area (Å²) in [4.78, 5) is 2.65. The molecule has 116 valence electrons. The number of rotatable bonds is 11. The molecular weight excluding hydrogens is 352 g/mol. The molecule has 0 bridgehead atoms. The first kappa shape index (κ1) is 18.5. The van der Waals surface area contributed by atoms with Gasteiger partial charge in [0.1, 0.15) is 0 Å². The average Bonchev–Trinajstić information content (AvgIpc) is 2.77. The summed E-state index contributed by atoms with van der Waals surface area (Å²) in [5.41, 5.74) is 0. The summed E-state index contributed by atoms with van der Waals surface area (Å²) in [5, 5.41) is 0.203. The first-order valence-corrected chi connectivity index (χ1v) is 10.1. The molecule has 1 heterocycles. The summed E-state index contributed by atoms with van der Waals surface area (Å²) in [5.74, 6) is 0. The van der Waals surface area contributed by atoms with Crippen LogP contribution in [-0.2, 0) is 0 Å². The lowest BCUT2D eigenvalue weighted by Crippen LogP contribution is -1.88. The van der Waals surface area contributed by atoms with Gasteiger partial charge in [0.15, 0.2) is 0 Å². The van der Waals surface area contributed by atoms with Gasteiger partial charge in [-0.2, -0.15) is 0 Å². The Bertz CT molecular complexity index is 342. The number of halogens is 2. The van der Waals surface area contributed by atoms with Crippen LogP contribution in [0.5, 0.6) is 0 Å². The molecule has 0 amide bonds. The third kappa shape index (κ3) is 7.47. The van der Waals surface area contributed by atoms with Crippen LogP contribution in [0.2, 0.25) is 0 Å². The quantitative estimate of drug-likeness (QED) is 0.269. The fourth-order valence-corrected chi connectivity index (χ4v) is 4.34. The second kappa shape index (κ2) is 11.1. The van der Waals surface area contributed by atoms with Crippen molar-refractivity contribution in [2.24, 2.45) is 0 Å². The predicted molar refractivity (Wildman–Crippen MR) is 97.2 cm³/mol. The lowest BCUT2D eigenvalue weighted by molar-refractivity contribution is 0.555. The smallest absolute Gasteiger partial charge is 0.0679 e. The van der Waals surface area contributed by atoms with Crippen LogP contribution in [0.1, 0.15) is 86.3 Å². The molecule has 1 rings (SSSR count). The van der Waals surface area contributed by atoms with Gasteiger partial charge < -0.3 is 0 Å². The van der Waals surface area contributed by atoms with E-state index in [2.05, 4.69) is 35.8 Å². The van der Waals surface area contributed by atoms with E-state index in [0.717, 1.165) is 6.42 Å². The summed E-state index contributed by atoms with van der Waals surface area (Å²) in [6.07, 6.45) is 13.5. The van der Waals surface area contributed by atoms with E-state index in [9.17, 15) is 0 Å². The first-order chi connectivity index (χ1) is 9.65. The maximum absolute atomic E-state index is 6.48. The van der Waals surface area contributed by atoms with Crippen LogP contribution in [0.4, 0.5) is 0 Å². The number of hydrogen-bond donors (Lipinski definition) is 0. The van der Waals surface area contributed by atoms with Crippen molar-refractivity contribution in [2.45, 2.75) is 83.4 Å². The molecule has 0 aromatic carbocycles. The van der Waals surface area contributed by atoms with Crippen LogP contribution in [0.25, 0.3) is 0 Å². The van der Waals surface area contributed by atoms with E-state index in [1.165, 1.54) is 72.0 Å². The van der Waals surface area contributed by atoms with Gasteiger partial charge in [-0.05, 0) is 35.3 Å². The Morgan fingerprint density at radius 1 is 1.05 bits per heavy atom. The van der Waals surface area contributed by atoms with E-state index in [0.29, 0.717) is 0 Å². The summed E-state index contributed by atoms with van der Waals surface area (Å²) in [6, 6.07) is 2.19. The molecule has 1 atom stereocenters. The van der Waals surface area contributed by atoms with Crippen molar-refractivity contribution in [1.29, 1.82) is 0 Å². The molecule has 3 heteroatoms. The lowest BCUT2D eigenvalue weighted by Gasteiger charge is -2.07. The van der Waals surface area contributed by atoms with Gasteiger partial charge >= 0.3 is 0 Å². The topological polar surface area (TPSA) is 0 Å². The highest BCUT2D eigenvalue weighted by Crippen LogP contribution is 2.36. The van der Waals surface area contributed by atoms with Crippen LogP contribution < -0.4 is 0 Å². The van der Waals surface area contributed by atoms with Crippen LogP contribution in [0.3, 0.4) is 0 Å². The molecule has 0 aliphatic rings. The Morgan fingerprint density at radius 2 is 1.60 bits per heavy atom. The number of thiophene rings is 1. The zero-order valence-corrected chi connectivity index (χ0v) is 16.0. The van der Waals surface area contributed by atoms with Gasteiger partial charge in [-0.3, -0.25) is 0 Å². The second-order valence-corrected chi connectivity index (χ2v) is 8.31. The van der Waals surface area contributed by atoms with Gasteiger partial charge in [-0.25, -0.2) is 0 Å². The largest absolute Gasteiger partial charge is 0.143 e. The molecule has 0 radical (unpaired) electrons. The van der Waals surface area contributed by atoms with Gasteiger partial charge in [0, 0.05) is 14.2 Å². The Morgan fingerprint density at radius 3 is 2.10 bits per heavy atom. The first-order valence-electron chi connectivity index (χ1n) is 8.05. The average molecular weight is 380 g/mol. The summed E-state index contributed by atoms with van der Waals surface area (Å²) >= 11 is 11.9. The van der Waals surface area contributed by atoms with Gasteiger partial charge in [0.2, 0.25) is 0 Å². The lowest BCUT2D eigenvalue weighted by atomic mass is 10.1. The number of hydrogen-bond acceptors (Lipinski definition) is 1. The van der Waals surface area contributed by atoms with Crippen LogP contribution >= 0.6 is 38.9 Å². The maximum atomic E-state index is 6.48. The molecule has 0 aliphatic heterocycles. The van der Waals surface area contributed by atoms with Crippen molar-refractivity contribution in [2.75, 3.05) is 0 Å². The van der Waals surface area contributed by atoms with E-state index < -0.39 is 0 Å². The highest BCUT2D eigenvalue weighted by atomic mass is 79.9. The van der Waals surface area contributed by atoms with Crippen molar-refractivity contribution < 1.29 is 0 Å². The minimum Gasteiger partial charge on any atom is -0.143 e. The highest BCUT2D eigenvalue weighted by Gasteiger charge is 2.12. The number of unbranched alkanes of at least 4 members (excludes halogenated alkanes) is 8. The van der Waals surface area contributed by atoms with E-state index in [-0.39, 0.29) is 5.38 Å². The van der Waals surface area contributed by atoms with Crippen molar-refractivity contribution in [3.63, 3.8) is 0 Å². The van der Waals surface area contributed by atoms with Gasteiger partial charge in [-0.15, -0.1) is 22.9 Å². The predicted octanol–water partition coefficient (Wildman–Crippen LogP) is 8.02. The molecule has 1 aromatic rings. The number of alkyl halides is 1. The highest BCUT2D eigenvalue weighted by molar-refractivity contribution is 9.10. The van der Waals surface area contributed by atoms with Crippen LogP contribution in [0.15, 0.2) is 10.5 Å². The summed E-state index contributed by atoms with van der Waals surface area (Å²) in [6.45, 7) is 4.41. The normalized spacial score (nSPS) is 12.8. The van der Waals surface area contributed by atoms with E-state index in [4.69, 9.17) is 11.6 Å². The molecular formula is C17H28BrClS. The standard InChI is InChI=1S/C17H28BrClS/c1-3-4-5-6-7-8-9-10-11-12-16(19)17-13-15(18)14(2)20-17/h13,16H,3-12H2,1-2H3. The minimum absolute atomic E-state index is 0.203. The van der Waals surface area contributed by atoms with Gasteiger partial charge in [0.05, 0.1) is 5.38 Å². The SMILES string of the molecule is CCCCCCCCCCCC(Cl)c1cc(Br)c(C)s1. The summed E-state index contributed by atoms with van der Waals surface area (Å²) in [7, 11) is 0. The third-order valence-electron chi connectivity index (χ3n) is 3.75. The molecule has 0 N–H and O–H groups in total. The Labute approximate surface area is 142 Å². The molecule has 0 saturated carbocycles. The maximum Gasteiger partial charge on any atom is 0.0679 e. The number of aryl methyl sites for hydroxylation is 1. The van der Waals surface area contributed by atoms with E-state index >= 15 is 0 Å². The molecule has 1 aromatic heterocycles. The van der Waals surface area contributed by atoms with Crippen LogP contribution in [-0.4, -0.2) is 0 Å². The zero-order chi connectivity index (χ0) is 14.8. The monoisotopic (exact) mass is 378 g/mol. The molecule has 0 saturated heterocycles. The fourth-order valence-electron chi connectivity index (χ4n) is 2.41. The molecule has 0 fully saturated rings. The van der Waals surface area contributed by atoms with Crippen molar-refractivity contribution >= 4 is 38.9 Å². The molecule has 0 spiro atoms. The Hall–Kier alpha value is 0.470. The van der Waals surface area contributed by atoms with Crippen molar-refractivity contribution in [1.82, 2.24) is 0 Å². The third-order valence-corrected chi connectivity index (χ3v) is 6.58. The minimum atomic E-state index is 0.203.